The molecule has 2 aromatic rings. The molecule has 1 N–H and O–H groups in total. The molecule has 1 aromatic carbocycles. The molecule has 0 radical (unpaired) electrons. The van der Waals surface area contributed by atoms with Crippen molar-refractivity contribution in [2.45, 2.75) is 39.8 Å². The molecule has 0 aliphatic carbocycles. The number of hydrogen-bond donors (Lipinski definition) is 1. The van der Waals surface area contributed by atoms with E-state index in [4.69, 9.17) is 27.9 Å². The Morgan fingerprint density at radius 1 is 1.28 bits per heavy atom. The maximum absolute atomic E-state index is 13.3. The number of rotatable bonds is 5. The Hall–Kier alpha value is -2.15. The third-order valence-electron chi connectivity index (χ3n) is 5.21. The van der Waals surface area contributed by atoms with E-state index in [0.717, 1.165) is 11.3 Å². The van der Waals surface area contributed by atoms with Crippen LogP contribution in [0, 0.1) is 13.8 Å². The van der Waals surface area contributed by atoms with Crippen LogP contribution in [0.25, 0.3) is 0 Å². The Bertz CT molecular complexity index is 1060. The van der Waals surface area contributed by atoms with Crippen molar-refractivity contribution in [2.24, 2.45) is 0 Å². The molecule has 29 heavy (non-hydrogen) atoms. The maximum Gasteiger partial charge on any atom is 0.256 e. The summed E-state index contributed by atoms with van der Waals surface area (Å²) in [6, 6.07) is 3.47. The standard InChI is InChI=1S/C21H22Cl2N2O4/c1-10-7-11(2)24-20(27)15(10)9-25-6-5-13-16(22)8-14(19(29-4)12(3)26)18(23)17(13)21(25)28/h7-8,19H,5-6,9H2,1-4H3,(H,24,27). The third-order valence-corrected chi connectivity index (χ3v) is 5.95. The lowest BCUT2D eigenvalue weighted by Crippen LogP contribution is -2.39. The van der Waals surface area contributed by atoms with Crippen LogP contribution < -0.4 is 5.56 Å². The largest absolute Gasteiger partial charge is 0.369 e. The Morgan fingerprint density at radius 2 is 1.97 bits per heavy atom. The number of amides is 1. The molecular formula is C21H22Cl2N2O4. The van der Waals surface area contributed by atoms with Crippen LogP contribution in [0.1, 0.15) is 51.3 Å². The van der Waals surface area contributed by atoms with Gasteiger partial charge in [0.1, 0.15) is 6.10 Å². The summed E-state index contributed by atoms with van der Waals surface area (Å²) in [4.78, 5) is 41.9. The van der Waals surface area contributed by atoms with E-state index >= 15 is 0 Å². The van der Waals surface area contributed by atoms with E-state index in [9.17, 15) is 14.4 Å². The number of hydrogen-bond acceptors (Lipinski definition) is 4. The number of Topliss-reactive ketones (excluding diaryl/α,β-unsaturated/α-hetero) is 1. The SMILES string of the molecule is COC(C(C)=O)c1cc(Cl)c2c(c1Cl)C(=O)N(Cc1c(C)cc(C)[nH]c1=O)CC2. The summed E-state index contributed by atoms with van der Waals surface area (Å²) in [6.07, 6.45) is -0.406. The summed E-state index contributed by atoms with van der Waals surface area (Å²) in [5, 5.41) is 0.538. The van der Waals surface area contributed by atoms with Crippen molar-refractivity contribution in [1.82, 2.24) is 9.88 Å². The highest BCUT2D eigenvalue weighted by atomic mass is 35.5. The summed E-state index contributed by atoms with van der Waals surface area (Å²) >= 11 is 13.0. The molecule has 1 unspecified atom stereocenters. The Labute approximate surface area is 178 Å². The molecule has 1 atom stereocenters. The average molecular weight is 437 g/mol. The quantitative estimate of drug-likeness (QED) is 0.773. The lowest BCUT2D eigenvalue weighted by molar-refractivity contribution is -0.126. The van der Waals surface area contributed by atoms with Gasteiger partial charge < -0.3 is 14.6 Å². The Morgan fingerprint density at radius 3 is 2.55 bits per heavy atom. The predicted octanol–water partition coefficient (Wildman–Crippen LogP) is 3.77. The van der Waals surface area contributed by atoms with Crippen molar-refractivity contribution in [3.05, 3.63) is 66.0 Å². The van der Waals surface area contributed by atoms with Gasteiger partial charge in [0.2, 0.25) is 0 Å². The second-order valence-corrected chi connectivity index (χ2v) is 8.05. The lowest BCUT2D eigenvalue weighted by atomic mass is 9.93. The van der Waals surface area contributed by atoms with Crippen LogP contribution in [-0.2, 0) is 22.5 Å². The van der Waals surface area contributed by atoms with Crippen LogP contribution in [-0.4, -0.2) is 35.2 Å². The lowest BCUT2D eigenvalue weighted by Gasteiger charge is -2.31. The topological polar surface area (TPSA) is 79.5 Å². The van der Waals surface area contributed by atoms with Gasteiger partial charge >= 0.3 is 0 Å². The number of nitrogens with one attached hydrogen (secondary N) is 1. The molecule has 154 valence electrons. The zero-order chi connectivity index (χ0) is 21.5. The molecular weight excluding hydrogens is 415 g/mol. The first-order valence-electron chi connectivity index (χ1n) is 9.18. The first kappa shape index (κ1) is 21.6. The molecule has 1 aliphatic heterocycles. The molecule has 1 aliphatic rings. The molecule has 0 spiro atoms. The minimum Gasteiger partial charge on any atom is -0.369 e. The number of ketones is 1. The number of nitrogens with zero attached hydrogens (tertiary/aromatic N) is 1. The second-order valence-electron chi connectivity index (χ2n) is 7.26. The number of aryl methyl sites for hydroxylation is 2. The Kier molecular flexibility index (Phi) is 6.17. The first-order valence-corrected chi connectivity index (χ1v) is 9.94. The summed E-state index contributed by atoms with van der Waals surface area (Å²) in [5.41, 5.74) is 3.18. The van der Waals surface area contributed by atoms with E-state index < -0.39 is 6.10 Å². The molecule has 8 heteroatoms. The summed E-state index contributed by atoms with van der Waals surface area (Å²) in [5.74, 6) is -0.565. The van der Waals surface area contributed by atoms with Gasteiger partial charge in [-0.2, -0.15) is 0 Å². The molecule has 2 heterocycles. The van der Waals surface area contributed by atoms with Gasteiger partial charge in [-0.05, 0) is 50.5 Å². The van der Waals surface area contributed by atoms with E-state index in [-0.39, 0.29) is 34.4 Å². The van der Waals surface area contributed by atoms with Crippen LogP contribution >= 0.6 is 23.2 Å². The smallest absolute Gasteiger partial charge is 0.256 e. The highest BCUT2D eigenvalue weighted by molar-refractivity contribution is 6.37. The minimum atomic E-state index is -0.907. The summed E-state index contributed by atoms with van der Waals surface area (Å²) < 4.78 is 5.26. The van der Waals surface area contributed by atoms with E-state index in [1.54, 1.807) is 11.0 Å². The van der Waals surface area contributed by atoms with Crippen LogP contribution in [0.5, 0.6) is 0 Å². The molecule has 3 rings (SSSR count). The zero-order valence-corrected chi connectivity index (χ0v) is 18.2. The van der Waals surface area contributed by atoms with Crippen molar-refractivity contribution < 1.29 is 14.3 Å². The van der Waals surface area contributed by atoms with Crippen LogP contribution in [0.4, 0.5) is 0 Å². The van der Waals surface area contributed by atoms with Gasteiger partial charge in [-0.3, -0.25) is 14.4 Å². The highest BCUT2D eigenvalue weighted by Crippen LogP contribution is 2.38. The number of aromatic nitrogens is 1. The molecule has 1 amide bonds. The fraction of sp³-hybridized carbons (Fsp3) is 0.381. The number of fused-ring (bicyclic) bond motifs is 1. The van der Waals surface area contributed by atoms with Crippen LogP contribution in [0.3, 0.4) is 0 Å². The van der Waals surface area contributed by atoms with Gasteiger partial charge in [-0.15, -0.1) is 0 Å². The van der Waals surface area contributed by atoms with E-state index in [1.807, 2.05) is 19.9 Å². The molecule has 0 fully saturated rings. The highest BCUT2D eigenvalue weighted by Gasteiger charge is 2.33. The normalized spacial score (nSPS) is 14.7. The van der Waals surface area contributed by atoms with Crippen molar-refractivity contribution in [3.63, 3.8) is 0 Å². The number of ether oxygens (including phenoxy) is 1. The van der Waals surface area contributed by atoms with Crippen LogP contribution in [0.15, 0.2) is 16.9 Å². The van der Waals surface area contributed by atoms with Gasteiger partial charge in [0.25, 0.3) is 11.5 Å². The average Bonchev–Trinajstić information content (AvgIpc) is 2.63. The van der Waals surface area contributed by atoms with Crippen molar-refractivity contribution in [2.75, 3.05) is 13.7 Å². The van der Waals surface area contributed by atoms with Gasteiger partial charge in [-0.25, -0.2) is 0 Å². The summed E-state index contributed by atoms with van der Waals surface area (Å²) in [6.45, 7) is 5.62. The van der Waals surface area contributed by atoms with E-state index in [1.165, 1.54) is 14.0 Å². The van der Waals surface area contributed by atoms with Crippen LogP contribution in [0.2, 0.25) is 10.0 Å². The maximum atomic E-state index is 13.3. The van der Waals surface area contributed by atoms with Gasteiger partial charge in [0.05, 0.1) is 17.1 Å². The zero-order valence-electron chi connectivity index (χ0n) is 16.7. The Balaban J connectivity index is 2.04. The molecule has 0 saturated heterocycles. The first-order chi connectivity index (χ1) is 13.6. The fourth-order valence-electron chi connectivity index (χ4n) is 3.78. The van der Waals surface area contributed by atoms with Gasteiger partial charge in [-0.1, -0.05) is 23.2 Å². The number of carbonyl (C=O) groups is 2. The molecule has 0 bridgehead atoms. The number of carbonyl (C=O) groups excluding carboxylic acids is 2. The number of pyridine rings is 1. The fourth-order valence-corrected chi connectivity index (χ4v) is 4.43. The number of methoxy groups -OCH3 is 1. The third kappa shape index (κ3) is 3.97. The van der Waals surface area contributed by atoms with Crippen molar-refractivity contribution in [1.29, 1.82) is 0 Å². The van der Waals surface area contributed by atoms with E-state index in [2.05, 4.69) is 4.98 Å². The number of halogens is 2. The monoisotopic (exact) mass is 436 g/mol. The molecule has 1 aromatic heterocycles. The van der Waals surface area contributed by atoms with E-state index in [0.29, 0.717) is 34.7 Å². The number of benzene rings is 1. The molecule has 6 nitrogen and oxygen atoms in total. The van der Waals surface area contributed by atoms with Gasteiger partial charge in [0.15, 0.2) is 5.78 Å². The number of H-pyrrole nitrogens is 1. The minimum absolute atomic E-state index is 0.163. The number of aromatic amines is 1. The summed E-state index contributed by atoms with van der Waals surface area (Å²) in [7, 11) is 1.40. The van der Waals surface area contributed by atoms with Gasteiger partial charge in [0, 0.05) is 35.5 Å². The predicted molar refractivity (Wildman–Crippen MR) is 112 cm³/mol. The van der Waals surface area contributed by atoms with Crippen molar-refractivity contribution >= 4 is 34.9 Å². The second kappa shape index (κ2) is 8.30. The van der Waals surface area contributed by atoms with Crippen molar-refractivity contribution in [3.8, 4) is 0 Å². The molecule has 0 saturated carbocycles.